The molecule has 0 aromatic heterocycles. The minimum absolute atomic E-state index is 0.396. The zero-order chi connectivity index (χ0) is 10.2. The van der Waals surface area contributed by atoms with E-state index >= 15 is 0 Å². The van der Waals surface area contributed by atoms with Crippen LogP contribution in [0, 0.1) is 0 Å². The van der Waals surface area contributed by atoms with Crippen molar-refractivity contribution in [2.75, 3.05) is 7.11 Å². The van der Waals surface area contributed by atoms with Crippen molar-refractivity contribution in [2.24, 2.45) is 0 Å². The van der Waals surface area contributed by atoms with Crippen LogP contribution in [0.1, 0.15) is 24.0 Å². The van der Waals surface area contributed by atoms with Crippen molar-refractivity contribution < 1.29 is 14.9 Å². The number of aryl methyl sites for hydroxylation is 1. The summed E-state index contributed by atoms with van der Waals surface area (Å²) in [7, 11) is 1.57. The van der Waals surface area contributed by atoms with E-state index in [9.17, 15) is 10.2 Å². The fourth-order valence-electron chi connectivity index (χ4n) is 1.93. The quantitative estimate of drug-likeness (QED) is 0.660. The molecule has 1 aromatic rings. The van der Waals surface area contributed by atoms with Gasteiger partial charge < -0.3 is 14.9 Å². The van der Waals surface area contributed by atoms with Gasteiger partial charge >= 0.3 is 0 Å². The number of methoxy groups -OCH3 is 1. The third-order valence-corrected chi connectivity index (χ3v) is 2.72. The Morgan fingerprint density at radius 1 is 1.36 bits per heavy atom. The molecule has 2 N–H and O–H groups in total. The average molecular weight is 194 g/mol. The van der Waals surface area contributed by atoms with Crippen LogP contribution in [0.5, 0.6) is 5.75 Å². The van der Waals surface area contributed by atoms with Crippen molar-refractivity contribution >= 4 is 0 Å². The van der Waals surface area contributed by atoms with Crippen molar-refractivity contribution in [3.63, 3.8) is 0 Å². The van der Waals surface area contributed by atoms with Crippen molar-refractivity contribution in [1.82, 2.24) is 0 Å². The normalized spacial score (nSPS) is 18.8. The lowest BCUT2D eigenvalue weighted by Crippen LogP contribution is -2.29. The molecule has 1 aliphatic carbocycles. The van der Waals surface area contributed by atoms with Crippen LogP contribution in [0.4, 0.5) is 0 Å². The average Bonchev–Trinajstić information content (AvgIpc) is 2.17. The van der Waals surface area contributed by atoms with Crippen LogP contribution in [0.3, 0.4) is 0 Å². The Morgan fingerprint density at radius 2 is 2.14 bits per heavy atom. The summed E-state index contributed by atoms with van der Waals surface area (Å²) in [6.07, 6.45) is 2.11. The molecule has 0 aliphatic heterocycles. The lowest BCUT2D eigenvalue weighted by Gasteiger charge is -2.29. The molecule has 0 saturated carbocycles. The Bertz CT molecular complexity index is 344. The smallest absolute Gasteiger partial charge is 0.190 e. The molecule has 14 heavy (non-hydrogen) atoms. The zero-order valence-electron chi connectivity index (χ0n) is 8.16. The van der Waals surface area contributed by atoms with Gasteiger partial charge in [-0.25, -0.2) is 0 Å². The van der Waals surface area contributed by atoms with Crippen molar-refractivity contribution in [3.05, 3.63) is 29.3 Å². The van der Waals surface area contributed by atoms with Crippen LogP contribution in [0.15, 0.2) is 18.2 Å². The molecule has 0 radical (unpaired) electrons. The lowest BCUT2D eigenvalue weighted by atomic mass is 9.87. The fraction of sp³-hybridized carbons (Fsp3) is 0.455. The Balaban J connectivity index is 2.49. The predicted octanol–water partition coefficient (Wildman–Crippen LogP) is 1.17. The van der Waals surface area contributed by atoms with Crippen LogP contribution in [-0.4, -0.2) is 17.3 Å². The maximum Gasteiger partial charge on any atom is 0.190 e. The molecule has 1 aromatic carbocycles. The van der Waals surface area contributed by atoms with Crippen LogP contribution in [0.2, 0.25) is 0 Å². The van der Waals surface area contributed by atoms with Gasteiger partial charge in [0.25, 0.3) is 0 Å². The molecule has 0 unspecified atom stereocenters. The van der Waals surface area contributed by atoms with Gasteiger partial charge in [0, 0.05) is 12.0 Å². The standard InChI is InChI=1S/C11H14O3/c1-14-9-5-4-8-3-2-6-11(12,13)10(8)7-9/h4-5,7,12-13H,2-3,6H2,1H3. The van der Waals surface area contributed by atoms with E-state index in [0.29, 0.717) is 17.7 Å². The highest BCUT2D eigenvalue weighted by atomic mass is 16.5. The zero-order valence-corrected chi connectivity index (χ0v) is 8.16. The molecule has 0 spiro atoms. The Kier molecular flexibility index (Phi) is 2.21. The first kappa shape index (κ1) is 9.49. The van der Waals surface area contributed by atoms with Gasteiger partial charge in [-0.05, 0) is 30.5 Å². The van der Waals surface area contributed by atoms with Gasteiger partial charge in [-0.15, -0.1) is 0 Å². The van der Waals surface area contributed by atoms with Crippen LogP contribution >= 0.6 is 0 Å². The minimum Gasteiger partial charge on any atom is -0.497 e. The summed E-state index contributed by atoms with van der Waals surface area (Å²) in [5, 5.41) is 19.5. The summed E-state index contributed by atoms with van der Waals surface area (Å²) in [4.78, 5) is 0. The van der Waals surface area contributed by atoms with E-state index < -0.39 is 5.79 Å². The van der Waals surface area contributed by atoms with Crippen LogP contribution in [-0.2, 0) is 12.2 Å². The molecule has 0 saturated heterocycles. The predicted molar refractivity (Wildman–Crippen MR) is 52.0 cm³/mol. The molecule has 0 amide bonds. The summed E-state index contributed by atoms with van der Waals surface area (Å²) in [5.41, 5.74) is 1.59. The van der Waals surface area contributed by atoms with Crippen molar-refractivity contribution in [3.8, 4) is 5.75 Å². The fourth-order valence-corrected chi connectivity index (χ4v) is 1.93. The first-order valence-corrected chi connectivity index (χ1v) is 4.75. The number of fused-ring (bicyclic) bond motifs is 1. The number of hydrogen-bond acceptors (Lipinski definition) is 3. The lowest BCUT2D eigenvalue weighted by molar-refractivity contribution is -0.179. The number of rotatable bonds is 1. The van der Waals surface area contributed by atoms with Gasteiger partial charge in [0.1, 0.15) is 5.75 Å². The summed E-state index contributed by atoms with van der Waals surface area (Å²) in [6.45, 7) is 0. The monoisotopic (exact) mass is 194 g/mol. The Labute approximate surface area is 83.0 Å². The maximum absolute atomic E-state index is 9.75. The second-order valence-electron chi connectivity index (χ2n) is 3.69. The highest BCUT2D eigenvalue weighted by Gasteiger charge is 2.31. The second kappa shape index (κ2) is 3.26. The Morgan fingerprint density at radius 3 is 2.86 bits per heavy atom. The van der Waals surface area contributed by atoms with E-state index in [2.05, 4.69) is 0 Å². The molecular formula is C11H14O3. The SMILES string of the molecule is COc1ccc2c(c1)C(O)(O)CCC2. The molecular weight excluding hydrogens is 180 g/mol. The Hall–Kier alpha value is -1.06. The molecule has 0 atom stereocenters. The van der Waals surface area contributed by atoms with Gasteiger partial charge in [0.05, 0.1) is 7.11 Å². The van der Waals surface area contributed by atoms with E-state index in [4.69, 9.17) is 4.74 Å². The summed E-state index contributed by atoms with van der Waals surface area (Å²) >= 11 is 0. The molecule has 0 fully saturated rings. The molecule has 3 heteroatoms. The van der Waals surface area contributed by atoms with Gasteiger partial charge in [-0.2, -0.15) is 0 Å². The molecule has 0 bridgehead atoms. The number of hydrogen-bond donors (Lipinski definition) is 2. The molecule has 76 valence electrons. The third-order valence-electron chi connectivity index (χ3n) is 2.72. The number of ether oxygens (including phenoxy) is 1. The van der Waals surface area contributed by atoms with Crippen molar-refractivity contribution in [2.45, 2.75) is 25.0 Å². The van der Waals surface area contributed by atoms with E-state index in [1.165, 1.54) is 0 Å². The maximum atomic E-state index is 9.75. The summed E-state index contributed by atoms with van der Waals surface area (Å²) in [6, 6.07) is 5.45. The number of benzene rings is 1. The topological polar surface area (TPSA) is 49.7 Å². The minimum atomic E-state index is -1.68. The van der Waals surface area contributed by atoms with Crippen LogP contribution in [0.25, 0.3) is 0 Å². The van der Waals surface area contributed by atoms with E-state index in [-0.39, 0.29) is 0 Å². The van der Waals surface area contributed by atoms with Gasteiger partial charge in [-0.1, -0.05) is 6.07 Å². The van der Waals surface area contributed by atoms with E-state index in [0.717, 1.165) is 18.4 Å². The molecule has 3 nitrogen and oxygen atoms in total. The molecule has 1 aliphatic rings. The summed E-state index contributed by atoms with van der Waals surface area (Å²) < 4.78 is 5.05. The largest absolute Gasteiger partial charge is 0.497 e. The van der Waals surface area contributed by atoms with E-state index in [1.807, 2.05) is 12.1 Å². The van der Waals surface area contributed by atoms with Crippen LogP contribution < -0.4 is 4.74 Å². The van der Waals surface area contributed by atoms with Gasteiger partial charge in [0.2, 0.25) is 0 Å². The highest BCUT2D eigenvalue weighted by Crippen LogP contribution is 2.35. The highest BCUT2D eigenvalue weighted by molar-refractivity contribution is 5.39. The van der Waals surface area contributed by atoms with Gasteiger partial charge in [-0.3, -0.25) is 0 Å². The van der Waals surface area contributed by atoms with Crippen molar-refractivity contribution in [1.29, 1.82) is 0 Å². The van der Waals surface area contributed by atoms with E-state index in [1.54, 1.807) is 13.2 Å². The summed E-state index contributed by atoms with van der Waals surface area (Å²) in [5.74, 6) is -1.01. The second-order valence-corrected chi connectivity index (χ2v) is 3.69. The molecule has 2 rings (SSSR count). The number of aliphatic hydroxyl groups is 2. The van der Waals surface area contributed by atoms with Gasteiger partial charge in [0.15, 0.2) is 5.79 Å². The third kappa shape index (κ3) is 1.49. The first-order chi connectivity index (χ1) is 6.63. The molecule has 0 heterocycles. The first-order valence-electron chi connectivity index (χ1n) is 4.75.